The molecule has 1 atom stereocenters. The van der Waals surface area contributed by atoms with E-state index in [4.69, 9.17) is 9.15 Å². The Kier molecular flexibility index (Phi) is 4.45. The van der Waals surface area contributed by atoms with Gasteiger partial charge in [-0.3, -0.25) is 4.79 Å². The predicted molar refractivity (Wildman–Crippen MR) is 78.9 cm³/mol. The Hall–Kier alpha value is -1.81. The summed E-state index contributed by atoms with van der Waals surface area (Å²) in [6, 6.07) is 4.08. The SMILES string of the molecule is COCC(C)NC(=O)Cc1coc2c(C)c(C)ccc12. The third-order valence-electron chi connectivity index (χ3n) is 3.52. The van der Waals surface area contributed by atoms with Gasteiger partial charge in [0.05, 0.1) is 19.3 Å². The van der Waals surface area contributed by atoms with Crippen LogP contribution < -0.4 is 5.32 Å². The van der Waals surface area contributed by atoms with Gasteiger partial charge >= 0.3 is 0 Å². The van der Waals surface area contributed by atoms with E-state index < -0.39 is 0 Å². The minimum atomic E-state index is -0.0181. The maximum absolute atomic E-state index is 12.0. The number of carbonyl (C=O) groups is 1. The number of fused-ring (bicyclic) bond motifs is 1. The zero-order valence-corrected chi connectivity index (χ0v) is 12.4. The molecule has 20 heavy (non-hydrogen) atoms. The van der Waals surface area contributed by atoms with Crippen molar-refractivity contribution < 1.29 is 13.9 Å². The van der Waals surface area contributed by atoms with E-state index in [0.717, 1.165) is 22.1 Å². The van der Waals surface area contributed by atoms with Crippen molar-refractivity contribution in [2.24, 2.45) is 0 Å². The number of hydrogen-bond acceptors (Lipinski definition) is 3. The molecule has 4 heteroatoms. The molecule has 0 spiro atoms. The summed E-state index contributed by atoms with van der Waals surface area (Å²) >= 11 is 0. The van der Waals surface area contributed by atoms with Gasteiger partial charge in [0, 0.05) is 24.1 Å². The molecule has 1 aromatic carbocycles. The third-order valence-corrected chi connectivity index (χ3v) is 3.52. The van der Waals surface area contributed by atoms with Gasteiger partial charge in [-0.1, -0.05) is 12.1 Å². The van der Waals surface area contributed by atoms with Gasteiger partial charge in [0.15, 0.2) is 0 Å². The van der Waals surface area contributed by atoms with Gasteiger partial charge in [0.25, 0.3) is 0 Å². The number of nitrogens with one attached hydrogen (secondary N) is 1. The van der Waals surface area contributed by atoms with Gasteiger partial charge in [-0.15, -0.1) is 0 Å². The normalized spacial score (nSPS) is 12.6. The minimum absolute atomic E-state index is 0.00893. The molecule has 4 nitrogen and oxygen atoms in total. The van der Waals surface area contributed by atoms with Crippen molar-refractivity contribution in [2.45, 2.75) is 33.2 Å². The Morgan fingerprint density at radius 3 is 2.85 bits per heavy atom. The molecule has 0 bridgehead atoms. The van der Waals surface area contributed by atoms with Gasteiger partial charge in [-0.25, -0.2) is 0 Å². The first-order chi connectivity index (χ1) is 9.52. The van der Waals surface area contributed by atoms with Crippen LogP contribution in [0.5, 0.6) is 0 Å². The molecule has 1 aromatic heterocycles. The maximum Gasteiger partial charge on any atom is 0.224 e. The summed E-state index contributed by atoms with van der Waals surface area (Å²) < 4.78 is 10.6. The van der Waals surface area contributed by atoms with Crippen LogP contribution in [-0.2, 0) is 16.0 Å². The van der Waals surface area contributed by atoms with Crippen molar-refractivity contribution in [3.8, 4) is 0 Å². The third kappa shape index (κ3) is 3.02. The van der Waals surface area contributed by atoms with Crippen LogP contribution >= 0.6 is 0 Å². The summed E-state index contributed by atoms with van der Waals surface area (Å²) in [4.78, 5) is 12.0. The number of carbonyl (C=O) groups excluding carboxylic acids is 1. The second-order valence-corrected chi connectivity index (χ2v) is 5.25. The largest absolute Gasteiger partial charge is 0.464 e. The Morgan fingerprint density at radius 2 is 2.15 bits per heavy atom. The van der Waals surface area contributed by atoms with Crippen LogP contribution in [0, 0.1) is 13.8 Å². The van der Waals surface area contributed by atoms with Crippen molar-refractivity contribution >= 4 is 16.9 Å². The first-order valence-corrected chi connectivity index (χ1v) is 6.77. The molecule has 0 aliphatic heterocycles. The zero-order chi connectivity index (χ0) is 14.7. The predicted octanol–water partition coefficient (Wildman–Crippen LogP) is 2.74. The fourth-order valence-corrected chi connectivity index (χ4v) is 2.32. The lowest BCUT2D eigenvalue weighted by Crippen LogP contribution is -2.36. The quantitative estimate of drug-likeness (QED) is 0.913. The molecule has 108 valence electrons. The summed E-state index contributed by atoms with van der Waals surface area (Å²) in [5.41, 5.74) is 4.11. The molecule has 1 unspecified atom stereocenters. The maximum atomic E-state index is 12.0. The van der Waals surface area contributed by atoms with Gasteiger partial charge in [-0.2, -0.15) is 0 Å². The number of ether oxygens (including phenoxy) is 1. The van der Waals surface area contributed by atoms with E-state index >= 15 is 0 Å². The molecule has 0 saturated carbocycles. The fourth-order valence-electron chi connectivity index (χ4n) is 2.32. The Morgan fingerprint density at radius 1 is 1.40 bits per heavy atom. The van der Waals surface area contributed by atoms with Gasteiger partial charge in [0.2, 0.25) is 5.91 Å². The highest BCUT2D eigenvalue weighted by molar-refractivity contribution is 5.89. The minimum Gasteiger partial charge on any atom is -0.464 e. The van der Waals surface area contributed by atoms with E-state index in [1.165, 1.54) is 5.56 Å². The summed E-state index contributed by atoms with van der Waals surface area (Å²) in [5.74, 6) is -0.0181. The second kappa shape index (κ2) is 6.09. The first kappa shape index (κ1) is 14.6. The topological polar surface area (TPSA) is 51.5 Å². The Labute approximate surface area is 119 Å². The average molecular weight is 275 g/mol. The molecule has 0 fully saturated rings. The van der Waals surface area contributed by atoms with Crippen molar-refractivity contribution in [3.63, 3.8) is 0 Å². The summed E-state index contributed by atoms with van der Waals surface area (Å²) in [7, 11) is 1.62. The van der Waals surface area contributed by atoms with Crippen LogP contribution in [0.3, 0.4) is 0 Å². The molecule has 0 radical (unpaired) electrons. The number of hydrogen-bond donors (Lipinski definition) is 1. The van der Waals surface area contributed by atoms with E-state index in [9.17, 15) is 4.79 Å². The highest BCUT2D eigenvalue weighted by Gasteiger charge is 2.14. The zero-order valence-electron chi connectivity index (χ0n) is 12.4. The molecule has 1 amide bonds. The molecule has 0 aliphatic rings. The van der Waals surface area contributed by atoms with Gasteiger partial charge in [-0.05, 0) is 31.9 Å². The molecular weight excluding hydrogens is 254 g/mol. The van der Waals surface area contributed by atoms with Crippen LogP contribution in [-0.4, -0.2) is 25.7 Å². The van der Waals surface area contributed by atoms with E-state index in [-0.39, 0.29) is 11.9 Å². The van der Waals surface area contributed by atoms with Gasteiger partial charge < -0.3 is 14.5 Å². The summed E-state index contributed by atoms with van der Waals surface area (Å²) in [6.07, 6.45) is 2.00. The van der Waals surface area contributed by atoms with Crippen molar-refractivity contribution in [1.29, 1.82) is 0 Å². The van der Waals surface area contributed by atoms with E-state index in [0.29, 0.717) is 13.0 Å². The van der Waals surface area contributed by atoms with E-state index in [1.807, 2.05) is 19.9 Å². The first-order valence-electron chi connectivity index (χ1n) is 6.77. The average Bonchev–Trinajstić information content (AvgIpc) is 2.77. The van der Waals surface area contributed by atoms with Crippen LogP contribution in [0.2, 0.25) is 0 Å². The molecule has 1 heterocycles. The summed E-state index contributed by atoms with van der Waals surface area (Å²) in [5, 5.41) is 3.92. The second-order valence-electron chi connectivity index (χ2n) is 5.25. The van der Waals surface area contributed by atoms with Crippen LogP contribution in [0.1, 0.15) is 23.6 Å². The Balaban J connectivity index is 2.14. The lowest BCUT2D eigenvalue weighted by molar-refractivity contribution is -0.121. The molecule has 2 aromatic rings. The number of benzene rings is 1. The summed E-state index contributed by atoms with van der Waals surface area (Å²) in [6.45, 7) is 6.51. The molecule has 0 saturated heterocycles. The lowest BCUT2D eigenvalue weighted by Gasteiger charge is -2.12. The van der Waals surface area contributed by atoms with Crippen LogP contribution in [0.4, 0.5) is 0 Å². The number of rotatable bonds is 5. The molecule has 1 N–H and O–H groups in total. The fraction of sp³-hybridized carbons (Fsp3) is 0.438. The van der Waals surface area contributed by atoms with E-state index in [1.54, 1.807) is 13.4 Å². The molecule has 2 rings (SSSR count). The van der Waals surface area contributed by atoms with Crippen molar-refractivity contribution in [3.05, 3.63) is 35.1 Å². The monoisotopic (exact) mass is 275 g/mol. The van der Waals surface area contributed by atoms with Crippen LogP contribution in [0.15, 0.2) is 22.8 Å². The standard InChI is InChI=1S/C16H21NO3/c1-10-5-6-14-13(9-20-16(14)12(10)3)7-15(18)17-11(2)8-19-4/h5-6,9,11H,7-8H2,1-4H3,(H,17,18). The molecular formula is C16H21NO3. The number of amides is 1. The van der Waals surface area contributed by atoms with Gasteiger partial charge in [0.1, 0.15) is 5.58 Å². The number of aryl methyl sites for hydroxylation is 2. The smallest absolute Gasteiger partial charge is 0.224 e. The lowest BCUT2D eigenvalue weighted by atomic mass is 10.0. The van der Waals surface area contributed by atoms with Crippen molar-refractivity contribution in [1.82, 2.24) is 5.32 Å². The number of furan rings is 1. The Bertz CT molecular complexity index is 615. The van der Waals surface area contributed by atoms with E-state index in [2.05, 4.69) is 18.3 Å². The highest BCUT2D eigenvalue weighted by atomic mass is 16.5. The van der Waals surface area contributed by atoms with Crippen molar-refractivity contribution in [2.75, 3.05) is 13.7 Å². The highest BCUT2D eigenvalue weighted by Crippen LogP contribution is 2.26. The van der Waals surface area contributed by atoms with Crippen LogP contribution in [0.25, 0.3) is 11.0 Å². The number of methoxy groups -OCH3 is 1. The molecule has 0 aliphatic carbocycles.